The van der Waals surface area contributed by atoms with Gasteiger partial charge in [-0.2, -0.15) is 5.10 Å². The molecule has 0 bridgehead atoms. The summed E-state index contributed by atoms with van der Waals surface area (Å²) in [6.07, 6.45) is 17.0. The number of esters is 1. The lowest BCUT2D eigenvalue weighted by atomic mass is 9.83. The van der Waals surface area contributed by atoms with Crippen LogP contribution in [0.3, 0.4) is 0 Å². The minimum absolute atomic E-state index is 0.101. The molecule has 372 valence electrons. The second-order valence-electron chi connectivity index (χ2n) is 21.9. The fourth-order valence-electron chi connectivity index (χ4n) is 11.8. The fraction of sp³-hybridized carbons (Fsp3) is 0.554. The van der Waals surface area contributed by atoms with Gasteiger partial charge in [0.2, 0.25) is 17.7 Å². The number of anilines is 1. The number of amides is 3. The van der Waals surface area contributed by atoms with E-state index in [1.165, 1.54) is 5.56 Å². The number of Topliss-reactive ketones (excluding diaryl/α,β-unsaturated/α-hetero) is 1. The summed E-state index contributed by atoms with van der Waals surface area (Å²) >= 11 is 0. The molecule has 4 fully saturated rings. The number of carbonyl (C=O) groups is 5. The zero-order chi connectivity index (χ0) is 48.9. The second-order valence-corrected chi connectivity index (χ2v) is 21.9. The van der Waals surface area contributed by atoms with E-state index in [1.54, 1.807) is 18.6 Å². The first-order valence-electron chi connectivity index (χ1n) is 26.0. The van der Waals surface area contributed by atoms with Crippen LogP contribution in [0.15, 0.2) is 72.7 Å². The smallest absolute Gasteiger partial charge is 0.309 e. The van der Waals surface area contributed by atoms with E-state index in [0.29, 0.717) is 45.4 Å². The van der Waals surface area contributed by atoms with E-state index in [-0.39, 0.29) is 72.2 Å². The average Bonchev–Trinajstić information content (AvgIpc) is 4.05. The number of rotatable bonds is 13. The van der Waals surface area contributed by atoms with Gasteiger partial charge in [0.25, 0.3) is 0 Å². The van der Waals surface area contributed by atoms with Crippen molar-refractivity contribution < 1.29 is 28.7 Å². The summed E-state index contributed by atoms with van der Waals surface area (Å²) in [5, 5.41) is 18.1. The number of nitrogens with zero attached hydrogens (tertiary/aromatic N) is 4. The van der Waals surface area contributed by atoms with E-state index in [0.717, 1.165) is 96.6 Å². The molecule has 5 aliphatic rings. The number of allylic oxidation sites excluding steroid dienone is 1. The summed E-state index contributed by atoms with van der Waals surface area (Å²) < 4.78 is 5.78. The molecule has 3 aliphatic carbocycles. The molecule has 2 aromatic heterocycles. The summed E-state index contributed by atoms with van der Waals surface area (Å²) in [4.78, 5) is 79.2. The summed E-state index contributed by atoms with van der Waals surface area (Å²) in [7, 11) is 0. The SMILES string of the molecule is Cc1cc(C[C@@H](NC(=O)CC2CCCC(/C3=C/c4ccccc4C4NC4CC3=O)CC2)C(=O)N[C@@H](CC2CCCC(C(=O)OC(C)(C)C)CC2)C(=O)N2CCN(c3ccncc3)CC2)cc2cn[nH]c12. The van der Waals surface area contributed by atoms with Crippen molar-refractivity contribution in [3.8, 4) is 0 Å². The van der Waals surface area contributed by atoms with Crippen LogP contribution >= 0.6 is 0 Å². The van der Waals surface area contributed by atoms with E-state index in [2.05, 4.69) is 60.3 Å². The largest absolute Gasteiger partial charge is 0.460 e. The molecule has 4 heterocycles. The molecule has 0 spiro atoms. The lowest BCUT2D eigenvalue weighted by molar-refractivity contribution is -0.160. The lowest BCUT2D eigenvalue weighted by Gasteiger charge is -2.38. The molecular weight excluding hydrogens is 881 g/mol. The van der Waals surface area contributed by atoms with Crippen LogP contribution in [0.25, 0.3) is 17.0 Å². The van der Waals surface area contributed by atoms with Gasteiger partial charge in [-0.25, -0.2) is 0 Å². The molecule has 2 saturated carbocycles. The molecule has 2 saturated heterocycles. The highest BCUT2D eigenvalue weighted by Crippen LogP contribution is 2.42. The number of aromatic amines is 1. The molecule has 2 aromatic carbocycles. The molecule has 4 N–H and O–H groups in total. The Bertz CT molecular complexity index is 2560. The maximum absolute atomic E-state index is 14.9. The predicted molar refractivity (Wildman–Crippen MR) is 270 cm³/mol. The zero-order valence-corrected chi connectivity index (χ0v) is 41.5. The number of benzene rings is 2. The Labute approximate surface area is 412 Å². The van der Waals surface area contributed by atoms with Crippen molar-refractivity contribution in [1.29, 1.82) is 0 Å². The van der Waals surface area contributed by atoms with Gasteiger partial charge in [0.15, 0.2) is 5.78 Å². The molecule has 14 nitrogen and oxygen atoms in total. The Balaban J connectivity index is 0.907. The van der Waals surface area contributed by atoms with Crippen LogP contribution in [0.2, 0.25) is 0 Å². The molecule has 3 amide bonds. The van der Waals surface area contributed by atoms with Gasteiger partial charge in [-0.3, -0.25) is 34.1 Å². The van der Waals surface area contributed by atoms with Crippen LogP contribution < -0.4 is 20.9 Å². The maximum Gasteiger partial charge on any atom is 0.309 e. The van der Waals surface area contributed by atoms with Crippen LogP contribution in [-0.4, -0.2) is 99.5 Å². The lowest BCUT2D eigenvalue weighted by Crippen LogP contribution is -2.58. The third-order valence-electron chi connectivity index (χ3n) is 15.6. The molecule has 4 aromatic rings. The molecule has 8 atom stereocenters. The van der Waals surface area contributed by atoms with Crippen molar-refractivity contribution in [2.45, 2.75) is 147 Å². The number of hydrogen-bond donors (Lipinski definition) is 4. The normalized spacial score (nSPS) is 25.6. The van der Waals surface area contributed by atoms with E-state index in [9.17, 15) is 24.0 Å². The second kappa shape index (κ2) is 21.6. The zero-order valence-electron chi connectivity index (χ0n) is 41.5. The van der Waals surface area contributed by atoms with Gasteiger partial charge in [-0.1, -0.05) is 49.6 Å². The van der Waals surface area contributed by atoms with E-state index < -0.39 is 23.6 Å². The van der Waals surface area contributed by atoms with Crippen molar-refractivity contribution in [1.82, 2.24) is 36.0 Å². The first-order valence-corrected chi connectivity index (χ1v) is 26.0. The number of nitrogens with one attached hydrogen (secondary N) is 4. The summed E-state index contributed by atoms with van der Waals surface area (Å²) in [6.45, 7) is 9.96. The molecule has 14 heteroatoms. The van der Waals surface area contributed by atoms with E-state index in [1.807, 2.05) is 62.9 Å². The highest BCUT2D eigenvalue weighted by Gasteiger charge is 2.43. The summed E-state index contributed by atoms with van der Waals surface area (Å²) in [6, 6.07) is 15.0. The average molecular weight is 953 g/mol. The maximum atomic E-state index is 14.9. The van der Waals surface area contributed by atoms with Crippen LogP contribution in [0, 0.1) is 30.6 Å². The molecular formula is C56H72N8O6. The third kappa shape index (κ3) is 12.2. The van der Waals surface area contributed by atoms with Crippen molar-refractivity contribution >= 4 is 52.1 Å². The topological polar surface area (TPSA) is 189 Å². The molecule has 9 rings (SSSR count). The van der Waals surface area contributed by atoms with Gasteiger partial charge in [-0.05, 0) is 149 Å². The minimum Gasteiger partial charge on any atom is -0.460 e. The minimum atomic E-state index is -0.947. The number of hydrogen-bond acceptors (Lipinski definition) is 10. The van der Waals surface area contributed by atoms with E-state index >= 15 is 0 Å². The monoisotopic (exact) mass is 953 g/mol. The van der Waals surface area contributed by atoms with Crippen molar-refractivity contribution in [2.75, 3.05) is 31.1 Å². The standard InChI is InChI=1S/C56H72N8O6/c1-35-27-38(28-42-34-58-62-51(35)42)30-47(59-50(66)31-37-10-7-12-39(17-15-37)45-32-41-11-5-6-14-44(41)52-46(60-52)33-49(45)65)53(67)61-48(29-36-9-8-13-40(18-16-36)55(69)70-56(2,3)4)54(68)64-25-23-63(24-26-64)43-19-21-57-22-20-43/h5-6,11,14,19-22,27-28,32,34,36-37,39-40,46-48,52,60H,7-10,12-13,15-18,23-26,29-31,33H2,1-4H3,(H,58,62)(H,59,66)(H,61,67)/b45-32-/t36?,37?,39?,40?,46?,47-,48+,52?/m1/s1. The van der Waals surface area contributed by atoms with Gasteiger partial charge in [-0.15, -0.1) is 0 Å². The Morgan fingerprint density at radius 2 is 1.61 bits per heavy atom. The summed E-state index contributed by atoms with van der Waals surface area (Å²) in [5.41, 5.74) is 6.55. The number of aromatic nitrogens is 3. The number of fused-ring (bicyclic) bond motifs is 4. The number of aryl methyl sites for hydroxylation is 1. The number of ketones is 1. The van der Waals surface area contributed by atoms with Crippen LogP contribution in [-0.2, 0) is 35.1 Å². The predicted octanol–water partition coefficient (Wildman–Crippen LogP) is 7.71. The number of H-pyrrole nitrogens is 1. The highest BCUT2D eigenvalue weighted by atomic mass is 16.6. The highest BCUT2D eigenvalue weighted by molar-refractivity contribution is 6.01. The van der Waals surface area contributed by atoms with Crippen molar-refractivity contribution in [3.05, 3.63) is 94.9 Å². The van der Waals surface area contributed by atoms with Gasteiger partial charge >= 0.3 is 5.97 Å². The van der Waals surface area contributed by atoms with E-state index in [4.69, 9.17) is 4.74 Å². The number of piperazine rings is 1. The summed E-state index contributed by atoms with van der Waals surface area (Å²) in [5.74, 6) is -0.532. The van der Waals surface area contributed by atoms with Gasteiger partial charge in [0.1, 0.15) is 17.7 Å². The van der Waals surface area contributed by atoms with Crippen molar-refractivity contribution in [3.63, 3.8) is 0 Å². The number of pyridine rings is 1. The number of ether oxygens (including phenoxy) is 1. The fourth-order valence-corrected chi connectivity index (χ4v) is 11.8. The Morgan fingerprint density at radius 3 is 2.41 bits per heavy atom. The molecule has 70 heavy (non-hydrogen) atoms. The van der Waals surface area contributed by atoms with Gasteiger partial charge < -0.3 is 30.5 Å². The first kappa shape index (κ1) is 49.1. The Hall–Kier alpha value is -5.89. The third-order valence-corrected chi connectivity index (χ3v) is 15.6. The molecule has 0 radical (unpaired) electrons. The molecule has 2 aliphatic heterocycles. The van der Waals surface area contributed by atoms with Gasteiger partial charge in [0.05, 0.1) is 17.6 Å². The quantitative estimate of drug-likeness (QED) is 0.0587. The number of carbonyl (C=O) groups excluding carboxylic acids is 5. The van der Waals surface area contributed by atoms with Crippen LogP contribution in [0.1, 0.15) is 133 Å². The van der Waals surface area contributed by atoms with Crippen LogP contribution in [0.4, 0.5) is 5.69 Å². The first-order chi connectivity index (χ1) is 33.7. The van der Waals surface area contributed by atoms with Crippen LogP contribution in [0.5, 0.6) is 0 Å². The Morgan fingerprint density at radius 1 is 0.857 bits per heavy atom. The van der Waals surface area contributed by atoms with Gasteiger partial charge in [0, 0.05) is 81.0 Å². The Kier molecular flexibility index (Phi) is 15.2. The van der Waals surface area contributed by atoms with Crippen molar-refractivity contribution in [2.24, 2.45) is 23.7 Å². The molecule has 6 unspecified atom stereocenters.